The van der Waals surface area contributed by atoms with E-state index < -0.39 is 7.82 Å². The lowest BCUT2D eigenvalue weighted by Crippen LogP contribution is -2.03. The molecule has 0 aromatic rings. The maximum absolute atomic E-state index is 11.1. The van der Waals surface area contributed by atoms with Crippen molar-refractivity contribution < 1.29 is 18.9 Å². The minimum absolute atomic E-state index is 0.573. The molecule has 0 aromatic heterocycles. The zero-order valence-electron chi connectivity index (χ0n) is 16.9. The number of allylic oxidation sites excluding steroid dienone is 2. The van der Waals surface area contributed by atoms with E-state index in [0.29, 0.717) is 12.2 Å². The highest BCUT2D eigenvalue weighted by atomic mass is 31.2. The molecule has 0 aliphatic heterocycles. The van der Waals surface area contributed by atoms with Crippen molar-refractivity contribution >= 4 is 7.82 Å². The molecule has 0 bridgehead atoms. The first-order valence-corrected chi connectivity index (χ1v) is 12.5. The molecule has 1 aliphatic rings. The van der Waals surface area contributed by atoms with E-state index in [9.17, 15) is 4.57 Å². The third-order valence-corrected chi connectivity index (χ3v) is 5.80. The van der Waals surface area contributed by atoms with Crippen molar-refractivity contribution in [2.45, 2.75) is 122 Å². The van der Waals surface area contributed by atoms with Crippen molar-refractivity contribution in [1.82, 2.24) is 0 Å². The van der Waals surface area contributed by atoms with E-state index in [1.165, 1.54) is 77.0 Å². The summed E-state index contributed by atoms with van der Waals surface area (Å²) in [5, 5.41) is 0. The number of hydrogen-bond donors (Lipinski definition) is 2. The Labute approximate surface area is 161 Å². The van der Waals surface area contributed by atoms with Crippen LogP contribution in [0.3, 0.4) is 0 Å². The fraction of sp³-hybridized carbons (Fsp3) is 0.905. The van der Waals surface area contributed by atoms with E-state index in [1.807, 2.05) is 0 Å². The van der Waals surface area contributed by atoms with E-state index in [0.717, 1.165) is 37.7 Å². The van der Waals surface area contributed by atoms with Gasteiger partial charge < -0.3 is 4.52 Å². The molecule has 1 rings (SSSR count). The Morgan fingerprint density at radius 3 is 1.73 bits per heavy atom. The first-order chi connectivity index (χ1) is 12.5. The van der Waals surface area contributed by atoms with Gasteiger partial charge in [0.05, 0.1) is 0 Å². The molecule has 0 heterocycles. The van der Waals surface area contributed by atoms with Crippen molar-refractivity contribution in [3.8, 4) is 0 Å². The zero-order valence-corrected chi connectivity index (χ0v) is 17.8. The number of hydrogen-bond acceptors (Lipinski definition) is 2. The first kappa shape index (κ1) is 23.7. The van der Waals surface area contributed by atoms with E-state index in [-0.39, 0.29) is 0 Å². The van der Waals surface area contributed by atoms with E-state index in [1.54, 1.807) is 0 Å². The van der Waals surface area contributed by atoms with Crippen molar-refractivity contribution in [2.75, 3.05) is 0 Å². The number of phosphoric ester groups is 1. The van der Waals surface area contributed by atoms with Gasteiger partial charge >= 0.3 is 7.82 Å². The van der Waals surface area contributed by atoms with Crippen LogP contribution in [0.4, 0.5) is 0 Å². The van der Waals surface area contributed by atoms with E-state index >= 15 is 0 Å². The lowest BCUT2D eigenvalue weighted by molar-refractivity contribution is 0.229. The summed E-state index contributed by atoms with van der Waals surface area (Å²) in [7, 11) is -4.40. The normalized spacial score (nSPS) is 15.5. The molecule has 0 saturated heterocycles. The fourth-order valence-corrected chi connectivity index (χ4v) is 4.32. The number of rotatable bonds is 16. The van der Waals surface area contributed by atoms with Gasteiger partial charge in [0.25, 0.3) is 0 Å². The molecule has 5 heteroatoms. The van der Waals surface area contributed by atoms with Gasteiger partial charge in [-0.3, -0.25) is 9.79 Å². The number of unbranched alkanes of at least 4 members (excludes halogenated alkanes) is 12. The topological polar surface area (TPSA) is 66.8 Å². The summed E-state index contributed by atoms with van der Waals surface area (Å²) >= 11 is 0. The van der Waals surface area contributed by atoms with Gasteiger partial charge in [-0.15, -0.1) is 0 Å². The Hall–Kier alpha value is -0.310. The maximum atomic E-state index is 11.1. The lowest BCUT2D eigenvalue weighted by Gasteiger charge is -2.21. The SMILES string of the molecule is CCCCCCCCCCCCCCCC1=C(OP(=O)(O)O)CCCC1. The van der Waals surface area contributed by atoms with Gasteiger partial charge in [-0.1, -0.05) is 84.0 Å². The van der Waals surface area contributed by atoms with E-state index in [2.05, 4.69) is 6.92 Å². The van der Waals surface area contributed by atoms with Gasteiger partial charge in [-0.2, -0.15) is 0 Å². The predicted octanol–water partition coefficient (Wildman–Crippen LogP) is 7.41. The highest BCUT2D eigenvalue weighted by Gasteiger charge is 2.22. The molecule has 0 fully saturated rings. The minimum atomic E-state index is -4.40. The molecule has 0 spiro atoms. The highest BCUT2D eigenvalue weighted by molar-refractivity contribution is 7.46. The minimum Gasteiger partial charge on any atom is -0.409 e. The predicted molar refractivity (Wildman–Crippen MR) is 109 cm³/mol. The van der Waals surface area contributed by atoms with Crippen LogP contribution >= 0.6 is 7.82 Å². The Kier molecular flexibility index (Phi) is 13.4. The molecule has 154 valence electrons. The third kappa shape index (κ3) is 12.9. The fourth-order valence-electron chi connectivity index (χ4n) is 3.81. The monoisotopic (exact) mass is 388 g/mol. The Balaban J connectivity index is 2.00. The van der Waals surface area contributed by atoms with Gasteiger partial charge in [0.15, 0.2) is 0 Å². The molecule has 0 saturated carbocycles. The molecule has 0 aromatic carbocycles. The molecule has 1 aliphatic carbocycles. The second-order valence-corrected chi connectivity index (χ2v) is 8.97. The average molecular weight is 389 g/mol. The van der Waals surface area contributed by atoms with Crippen LogP contribution in [-0.2, 0) is 9.09 Å². The van der Waals surface area contributed by atoms with Gasteiger partial charge in [0.2, 0.25) is 0 Å². The van der Waals surface area contributed by atoms with Gasteiger partial charge in [0, 0.05) is 6.42 Å². The molecular weight excluding hydrogens is 347 g/mol. The summed E-state index contributed by atoms with van der Waals surface area (Å²) in [6.07, 6.45) is 22.0. The first-order valence-electron chi connectivity index (χ1n) is 11.0. The summed E-state index contributed by atoms with van der Waals surface area (Å²) in [6.45, 7) is 2.27. The van der Waals surface area contributed by atoms with Crippen LogP contribution in [0.25, 0.3) is 0 Å². The summed E-state index contributed by atoms with van der Waals surface area (Å²) < 4.78 is 16.0. The Morgan fingerprint density at radius 1 is 0.769 bits per heavy atom. The van der Waals surface area contributed by atoms with Crippen molar-refractivity contribution in [1.29, 1.82) is 0 Å². The maximum Gasteiger partial charge on any atom is 0.524 e. The highest BCUT2D eigenvalue weighted by Crippen LogP contribution is 2.43. The smallest absolute Gasteiger partial charge is 0.409 e. The van der Waals surface area contributed by atoms with Crippen LogP contribution in [-0.4, -0.2) is 9.79 Å². The standard InChI is InChI=1S/C21H41O4P/c1-2-3-4-5-6-7-8-9-10-11-12-13-14-17-20-18-15-16-19-21(20)25-26(22,23)24/h2-19H2,1H3,(H2,22,23,24). The van der Waals surface area contributed by atoms with Crippen LogP contribution in [0.15, 0.2) is 11.3 Å². The molecule has 0 unspecified atom stereocenters. The molecule has 0 atom stereocenters. The summed E-state index contributed by atoms with van der Waals surface area (Å²) in [5.41, 5.74) is 1.14. The summed E-state index contributed by atoms with van der Waals surface area (Å²) in [5.74, 6) is 0.573. The van der Waals surface area contributed by atoms with Crippen molar-refractivity contribution in [3.63, 3.8) is 0 Å². The van der Waals surface area contributed by atoms with E-state index in [4.69, 9.17) is 14.3 Å². The summed E-state index contributed by atoms with van der Waals surface area (Å²) in [6, 6.07) is 0. The second kappa shape index (κ2) is 14.7. The Bertz CT molecular complexity index is 428. The third-order valence-electron chi connectivity index (χ3n) is 5.34. The average Bonchev–Trinajstić information content (AvgIpc) is 2.59. The zero-order chi connectivity index (χ0) is 19.1. The van der Waals surface area contributed by atoms with Crippen molar-refractivity contribution in [3.05, 3.63) is 11.3 Å². The Morgan fingerprint density at radius 2 is 1.23 bits per heavy atom. The van der Waals surface area contributed by atoms with Crippen LogP contribution in [0.2, 0.25) is 0 Å². The molecule has 2 N–H and O–H groups in total. The molecule has 4 nitrogen and oxygen atoms in total. The lowest BCUT2D eigenvalue weighted by atomic mass is 9.93. The quantitative estimate of drug-likeness (QED) is 0.213. The largest absolute Gasteiger partial charge is 0.524 e. The van der Waals surface area contributed by atoms with Gasteiger partial charge in [-0.25, -0.2) is 4.57 Å². The molecule has 26 heavy (non-hydrogen) atoms. The van der Waals surface area contributed by atoms with Gasteiger partial charge in [0.1, 0.15) is 5.76 Å². The molecule has 0 radical (unpaired) electrons. The van der Waals surface area contributed by atoms with Crippen molar-refractivity contribution in [2.24, 2.45) is 0 Å². The second-order valence-electron chi connectivity index (χ2n) is 7.81. The van der Waals surface area contributed by atoms with Crippen LogP contribution in [0.1, 0.15) is 122 Å². The summed E-state index contributed by atoms with van der Waals surface area (Å²) in [4.78, 5) is 18.1. The van der Waals surface area contributed by atoms with Crippen LogP contribution in [0.5, 0.6) is 0 Å². The molecular formula is C21H41O4P. The van der Waals surface area contributed by atoms with Crippen LogP contribution in [0, 0.1) is 0 Å². The van der Waals surface area contributed by atoms with Crippen LogP contribution < -0.4 is 0 Å². The van der Waals surface area contributed by atoms with Gasteiger partial charge in [-0.05, 0) is 37.7 Å². The number of phosphoric acid groups is 1. The molecule has 0 amide bonds.